The van der Waals surface area contributed by atoms with E-state index in [1.54, 1.807) is 42.5 Å². The first kappa shape index (κ1) is 16.9. The summed E-state index contributed by atoms with van der Waals surface area (Å²) in [7, 11) is 0. The molecule has 0 saturated carbocycles. The molecule has 0 spiro atoms. The summed E-state index contributed by atoms with van der Waals surface area (Å²) in [6, 6.07) is 21.5. The lowest BCUT2D eigenvalue weighted by atomic mass is 10.1. The number of hydrogen-bond acceptors (Lipinski definition) is 5. The van der Waals surface area contributed by atoms with Gasteiger partial charge in [-0.15, -0.1) is 0 Å². The minimum absolute atomic E-state index is 0.244. The van der Waals surface area contributed by atoms with E-state index < -0.39 is 11.5 Å². The van der Waals surface area contributed by atoms with Crippen molar-refractivity contribution >= 4 is 40.3 Å². The zero-order chi connectivity index (χ0) is 19.3. The normalized spacial score (nSPS) is 19.7. The highest BCUT2D eigenvalue weighted by atomic mass is 35.5. The van der Waals surface area contributed by atoms with Crippen LogP contribution in [0.15, 0.2) is 82.8 Å². The first-order valence-electron chi connectivity index (χ1n) is 8.74. The zero-order valence-electron chi connectivity index (χ0n) is 14.6. The van der Waals surface area contributed by atoms with Crippen molar-refractivity contribution in [3.63, 3.8) is 0 Å². The van der Waals surface area contributed by atoms with Gasteiger partial charge in [0.15, 0.2) is 0 Å². The largest absolute Gasteiger partial charge is 0.358 e. The lowest BCUT2D eigenvalue weighted by Gasteiger charge is -2.18. The molecule has 1 heterocycles. The predicted octanol–water partition coefficient (Wildman–Crippen LogP) is 4.22. The van der Waals surface area contributed by atoms with Crippen LogP contribution in [-0.2, 0) is 0 Å². The van der Waals surface area contributed by atoms with Crippen molar-refractivity contribution in [2.75, 3.05) is 5.32 Å². The number of carbonyl (C=O) groups excluding carboxylic acids is 1. The molecule has 136 valence electrons. The molecule has 1 unspecified atom stereocenters. The Labute approximate surface area is 166 Å². The van der Waals surface area contributed by atoms with Crippen molar-refractivity contribution in [3.8, 4) is 0 Å². The highest BCUT2D eigenvalue weighted by molar-refractivity contribution is 6.36. The zero-order valence-corrected chi connectivity index (χ0v) is 15.3. The van der Waals surface area contributed by atoms with Crippen molar-refractivity contribution in [3.05, 3.63) is 94.5 Å². The monoisotopic (exact) mass is 387 g/mol. The number of para-hydroxylation sites is 1. The van der Waals surface area contributed by atoms with E-state index in [2.05, 4.69) is 15.3 Å². The first-order chi connectivity index (χ1) is 13.6. The van der Waals surface area contributed by atoms with Gasteiger partial charge in [-0.25, -0.2) is 9.98 Å². The minimum Gasteiger partial charge on any atom is -0.358 e. The van der Waals surface area contributed by atoms with E-state index >= 15 is 0 Å². The average molecular weight is 388 g/mol. The molecule has 5 rings (SSSR count). The van der Waals surface area contributed by atoms with Crippen LogP contribution in [0.25, 0.3) is 0 Å². The van der Waals surface area contributed by atoms with Gasteiger partial charge in [-0.2, -0.15) is 0 Å². The molecule has 0 aromatic heterocycles. The number of hydrogen-bond donors (Lipinski definition) is 2. The van der Waals surface area contributed by atoms with Crippen LogP contribution < -0.4 is 5.32 Å². The fourth-order valence-electron chi connectivity index (χ4n) is 3.49. The Balaban J connectivity index is 1.72. The molecule has 1 atom stereocenters. The van der Waals surface area contributed by atoms with E-state index in [4.69, 9.17) is 11.6 Å². The van der Waals surface area contributed by atoms with Crippen LogP contribution in [0.3, 0.4) is 0 Å². The fraction of sp³-hybridized carbons (Fsp3) is 0.0455. The molecule has 5 nitrogen and oxygen atoms in total. The van der Waals surface area contributed by atoms with Gasteiger partial charge in [-0.05, 0) is 36.4 Å². The molecule has 6 heteroatoms. The minimum atomic E-state index is -2.07. The summed E-state index contributed by atoms with van der Waals surface area (Å²) in [5.41, 5.74) is 1.23. The van der Waals surface area contributed by atoms with Gasteiger partial charge < -0.3 is 10.4 Å². The number of ketones is 1. The topological polar surface area (TPSA) is 74.0 Å². The molecule has 3 aromatic rings. The van der Waals surface area contributed by atoms with E-state index in [1.165, 1.54) is 0 Å². The molecule has 0 fully saturated rings. The maximum absolute atomic E-state index is 13.0. The third-order valence-corrected chi connectivity index (χ3v) is 5.10. The molecule has 0 amide bonds. The van der Waals surface area contributed by atoms with Crippen LogP contribution in [0.4, 0.5) is 11.4 Å². The fourth-order valence-corrected chi connectivity index (χ4v) is 3.62. The predicted molar refractivity (Wildman–Crippen MR) is 110 cm³/mol. The number of fused-ring (bicyclic) bond motifs is 4. The number of anilines is 1. The molecule has 0 radical (unpaired) electrons. The van der Waals surface area contributed by atoms with Gasteiger partial charge in [0.2, 0.25) is 5.78 Å². The Morgan fingerprint density at radius 1 is 0.857 bits per heavy atom. The van der Waals surface area contributed by atoms with Crippen LogP contribution in [0.2, 0.25) is 5.02 Å². The van der Waals surface area contributed by atoms with E-state index in [1.807, 2.05) is 30.3 Å². The van der Waals surface area contributed by atoms with Crippen molar-refractivity contribution < 1.29 is 9.90 Å². The Hall–Kier alpha value is -3.28. The number of nitrogens with one attached hydrogen (secondary N) is 1. The van der Waals surface area contributed by atoms with Crippen LogP contribution in [0.1, 0.15) is 21.5 Å². The summed E-state index contributed by atoms with van der Waals surface area (Å²) in [5.74, 6) is -0.120. The Morgan fingerprint density at radius 2 is 1.50 bits per heavy atom. The van der Waals surface area contributed by atoms with E-state index in [0.29, 0.717) is 33.2 Å². The quantitative estimate of drug-likeness (QED) is 0.656. The van der Waals surface area contributed by atoms with Gasteiger partial charge in [-0.3, -0.25) is 4.79 Å². The molecular formula is C22H14ClN3O2. The number of amidine groups is 1. The molecular weight excluding hydrogens is 374 g/mol. The number of aliphatic imine (C=N–C) groups is 2. The van der Waals surface area contributed by atoms with Gasteiger partial charge in [0.25, 0.3) is 5.72 Å². The first-order valence-corrected chi connectivity index (χ1v) is 9.12. The second-order valence-electron chi connectivity index (χ2n) is 6.62. The number of nitrogens with zero attached hydrogens (tertiary/aromatic N) is 2. The van der Waals surface area contributed by atoms with Gasteiger partial charge in [0, 0.05) is 27.4 Å². The standard InChI is InChI=1S/C22H14ClN3O2/c23-13-9-11-14(12-10-13)24-21-17-7-3-4-8-18(17)25-19-15-5-1-2-6-16(15)20(27)22(19,28)26-21/h1-12,28H,(H,24,26). The SMILES string of the molecule is O=C1c2ccccc2C2=Nc3ccccc3C(Nc3ccc(Cl)cc3)=NC12O. The number of carbonyl (C=O) groups is 1. The number of Topliss-reactive ketones (excluding diaryl/α,β-unsaturated/α-hetero) is 1. The maximum Gasteiger partial charge on any atom is 0.267 e. The highest BCUT2D eigenvalue weighted by Crippen LogP contribution is 2.37. The van der Waals surface area contributed by atoms with E-state index in [9.17, 15) is 9.90 Å². The third-order valence-electron chi connectivity index (χ3n) is 4.85. The molecule has 2 N–H and O–H groups in total. The van der Waals surface area contributed by atoms with Gasteiger partial charge >= 0.3 is 0 Å². The number of rotatable bonds is 1. The van der Waals surface area contributed by atoms with Crippen LogP contribution in [-0.4, -0.2) is 28.2 Å². The Kier molecular flexibility index (Phi) is 3.69. The molecule has 0 bridgehead atoms. The Bertz CT molecular complexity index is 1180. The second-order valence-corrected chi connectivity index (χ2v) is 7.05. The highest BCUT2D eigenvalue weighted by Gasteiger charge is 2.51. The van der Waals surface area contributed by atoms with E-state index in [0.717, 1.165) is 5.69 Å². The summed E-state index contributed by atoms with van der Waals surface area (Å²) < 4.78 is 0. The van der Waals surface area contributed by atoms with Crippen LogP contribution in [0.5, 0.6) is 0 Å². The lowest BCUT2D eigenvalue weighted by molar-refractivity contribution is 0.0646. The molecule has 28 heavy (non-hydrogen) atoms. The lowest BCUT2D eigenvalue weighted by Crippen LogP contribution is -2.40. The van der Waals surface area contributed by atoms with Crippen LogP contribution >= 0.6 is 11.6 Å². The van der Waals surface area contributed by atoms with Crippen molar-refractivity contribution in [2.45, 2.75) is 5.72 Å². The number of aliphatic hydroxyl groups is 1. The van der Waals surface area contributed by atoms with Crippen LogP contribution in [0, 0.1) is 0 Å². The van der Waals surface area contributed by atoms with Crippen molar-refractivity contribution in [2.24, 2.45) is 9.98 Å². The smallest absolute Gasteiger partial charge is 0.267 e. The number of halogens is 1. The summed E-state index contributed by atoms with van der Waals surface area (Å²) in [6.45, 7) is 0. The Morgan fingerprint density at radius 3 is 2.25 bits per heavy atom. The molecule has 1 aliphatic carbocycles. The van der Waals surface area contributed by atoms with Gasteiger partial charge in [-0.1, -0.05) is 48.0 Å². The summed E-state index contributed by atoms with van der Waals surface area (Å²) in [5, 5.41) is 15.1. The molecule has 1 aliphatic heterocycles. The summed E-state index contributed by atoms with van der Waals surface area (Å²) in [4.78, 5) is 22.1. The number of benzene rings is 3. The summed E-state index contributed by atoms with van der Waals surface area (Å²) >= 11 is 5.97. The molecule has 3 aromatic carbocycles. The molecule has 2 aliphatic rings. The van der Waals surface area contributed by atoms with Gasteiger partial charge in [0.05, 0.1) is 5.69 Å². The van der Waals surface area contributed by atoms with Gasteiger partial charge in [0.1, 0.15) is 11.5 Å². The second kappa shape index (κ2) is 6.12. The van der Waals surface area contributed by atoms with E-state index in [-0.39, 0.29) is 5.71 Å². The third kappa shape index (κ3) is 2.48. The maximum atomic E-state index is 13.0. The van der Waals surface area contributed by atoms with Crippen molar-refractivity contribution in [1.82, 2.24) is 0 Å². The average Bonchev–Trinajstić information content (AvgIpc) is 2.84. The molecule has 0 saturated heterocycles. The van der Waals surface area contributed by atoms with Crippen molar-refractivity contribution in [1.29, 1.82) is 0 Å². The summed E-state index contributed by atoms with van der Waals surface area (Å²) in [6.07, 6.45) is 0.